The van der Waals surface area contributed by atoms with Crippen LogP contribution in [0.3, 0.4) is 0 Å². The summed E-state index contributed by atoms with van der Waals surface area (Å²) in [6.45, 7) is 0. The van der Waals surface area contributed by atoms with Crippen LogP contribution in [0.4, 0.5) is 26.3 Å². The maximum Gasteiger partial charge on any atom is 0.417 e. The normalized spacial score (nSPS) is 11.7. The summed E-state index contributed by atoms with van der Waals surface area (Å²) in [5, 5.41) is 20.8. The van der Waals surface area contributed by atoms with Gasteiger partial charge in [0.1, 0.15) is 0 Å². The van der Waals surface area contributed by atoms with Crippen molar-refractivity contribution in [2.45, 2.75) is 12.4 Å². The molecule has 10 aromatic rings. The molecule has 0 atom stereocenters. The second-order valence-corrected chi connectivity index (χ2v) is 15.7. The van der Waals surface area contributed by atoms with Gasteiger partial charge in [-0.25, -0.2) is 15.0 Å². The molecule has 0 saturated carbocycles. The van der Waals surface area contributed by atoms with Crippen LogP contribution in [-0.2, 0) is 12.4 Å². The van der Waals surface area contributed by atoms with Gasteiger partial charge in [0, 0.05) is 38.6 Å². The second kappa shape index (κ2) is 16.6. The van der Waals surface area contributed by atoms with Crippen LogP contribution in [0, 0.1) is 22.7 Å². The van der Waals surface area contributed by atoms with E-state index in [0.29, 0.717) is 90.0 Å². The average Bonchev–Trinajstić information content (AvgIpc) is 3.69. The minimum absolute atomic E-state index is 0.0738. The third-order valence-corrected chi connectivity index (χ3v) is 11.6. The molecule has 67 heavy (non-hydrogen) atoms. The predicted octanol–water partition coefficient (Wildman–Crippen LogP) is 14.8. The summed E-state index contributed by atoms with van der Waals surface area (Å²) in [6.07, 6.45) is -10.1. The topological polar surface area (TPSA) is 91.2 Å². The monoisotopic (exact) mass is 888 g/mol. The zero-order valence-corrected chi connectivity index (χ0v) is 34.8. The number of para-hydroxylation sites is 1. The molecular formula is C55H30F6N6. The fraction of sp³-hybridized carbons (Fsp3) is 0.0364. The Morgan fingerprint density at radius 3 is 1.37 bits per heavy atom. The molecule has 0 amide bonds. The highest BCUT2D eigenvalue weighted by molar-refractivity contribution is 6.12. The van der Waals surface area contributed by atoms with Gasteiger partial charge < -0.3 is 4.57 Å². The first-order valence-electron chi connectivity index (χ1n) is 20.8. The van der Waals surface area contributed by atoms with Gasteiger partial charge >= 0.3 is 12.4 Å². The Hall–Kier alpha value is -8.87. The Morgan fingerprint density at radius 1 is 0.388 bits per heavy atom. The molecule has 2 heterocycles. The standard InChI is InChI=1S/C55H30F6N6/c56-54(57,58)41-24-25-42(47(30-41)55(59,60)61)39-23-26-49-46(27-39)43-13-7-8-14-48(43)67(49)50-44(35-19-15-33(31-62)16-20-35)28-40(29-45(50)36-21-17-34(32-63)18-22-36)53-65-51(37-9-3-1-4-10-37)64-52(66-53)38-11-5-2-6-12-38/h1-30H. The Morgan fingerprint density at radius 2 is 0.866 bits per heavy atom. The summed E-state index contributed by atoms with van der Waals surface area (Å²) < 4.78 is 86.8. The highest BCUT2D eigenvalue weighted by Gasteiger charge is 2.38. The third kappa shape index (κ3) is 7.91. The molecule has 0 bridgehead atoms. The molecule has 0 unspecified atom stereocenters. The molecule has 0 N–H and O–H groups in total. The number of rotatable bonds is 7. The number of nitriles is 2. The first kappa shape index (κ1) is 42.1. The fourth-order valence-corrected chi connectivity index (χ4v) is 8.42. The molecule has 8 aromatic carbocycles. The van der Waals surface area contributed by atoms with E-state index in [-0.39, 0.29) is 11.6 Å². The zero-order valence-electron chi connectivity index (χ0n) is 34.8. The molecule has 12 heteroatoms. The van der Waals surface area contributed by atoms with Crippen LogP contribution in [0.1, 0.15) is 22.3 Å². The fourth-order valence-electron chi connectivity index (χ4n) is 8.42. The smallest absolute Gasteiger partial charge is 0.308 e. The third-order valence-electron chi connectivity index (χ3n) is 11.6. The molecule has 0 aliphatic carbocycles. The lowest BCUT2D eigenvalue weighted by Crippen LogP contribution is -2.12. The van der Waals surface area contributed by atoms with E-state index in [1.807, 2.05) is 120 Å². The van der Waals surface area contributed by atoms with E-state index in [1.165, 1.54) is 6.07 Å². The van der Waals surface area contributed by atoms with Gasteiger partial charge in [-0.1, -0.05) is 115 Å². The Bertz CT molecular complexity index is 3470. The molecule has 0 radical (unpaired) electrons. The van der Waals surface area contributed by atoms with E-state index in [2.05, 4.69) is 12.1 Å². The molecule has 0 fully saturated rings. The Balaban J connectivity index is 1.29. The Kier molecular flexibility index (Phi) is 10.4. The van der Waals surface area contributed by atoms with E-state index in [4.69, 9.17) is 15.0 Å². The van der Waals surface area contributed by atoms with Crippen LogP contribution < -0.4 is 0 Å². The van der Waals surface area contributed by atoms with Crippen LogP contribution in [0.5, 0.6) is 0 Å². The van der Waals surface area contributed by atoms with Crippen LogP contribution >= 0.6 is 0 Å². The van der Waals surface area contributed by atoms with Gasteiger partial charge in [0.2, 0.25) is 0 Å². The SMILES string of the molecule is N#Cc1ccc(-c2cc(-c3nc(-c4ccccc4)nc(-c4ccccc4)n3)cc(-c3ccc(C#N)cc3)c2-n2c3ccccc3c3cc(-c4ccc(C(F)(F)F)cc4C(F)(F)F)ccc32)cc1. The molecule has 0 spiro atoms. The van der Waals surface area contributed by atoms with Gasteiger partial charge in [-0.2, -0.15) is 36.9 Å². The number of halogens is 6. The van der Waals surface area contributed by atoms with Crippen LogP contribution in [-0.4, -0.2) is 19.5 Å². The minimum atomic E-state index is -5.09. The maximum absolute atomic E-state index is 14.6. The van der Waals surface area contributed by atoms with E-state index in [9.17, 15) is 36.9 Å². The van der Waals surface area contributed by atoms with Crippen molar-refractivity contribution in [1.29, 1.82) is 10.5 Å². The second-order valence-electron chi connectivity index (χ2n) is 15.7. The summed E-state index contributed by atoms with van der Waals surface area (Å²) >= 11 is 0. The van der Waals surface area contributed by atoms with Crippen molar-refractivity contribution in [3.8, 4) is 85.4 Å². The van der Waals surface area contributed by atoms with Gasteiger partial charge in [0.05, 0.1) is 51.1 Å². The zero-order chi connectivity index (χ0) is 46.5. The van der Waals surface area contributed by atoms with Gasteiger partial charge in [0.15, 0.2) is 17.5 Å². The first-order chi connectivity index (χ1) is 32.4. The predicted molar refractivity (Wildman–Crippen MR) is 246 cm³/mol. The highest BCUT2D eigenvalue weighted by atomic mass is 19.4. The van der Waals surface area contributed by atoms with Gasteiger partial charge in [-0.05, 0) is 89.0 Å². The van der Waals surface area contributed by atoms with Crippen molar-refractivity contribution >= 4 is 21.8 Å². The van der Waals surface area contributed by atoms with Crippen molar-refractivity contribution in [2.24, 2.45) is 0 Å². The van der Waals surface area contributed by atoms with Gasteiger partial charge in [-0.15, -0.1) is 0 Å². The summed E-state index contributed by atoms with van der Waals surface area (Å²) in [7, 11) is 0. The molecule has 6 nitrogen and oxygen atoms in total. The summed E-state index contributed by atoms with van der Waals surface area (Å²) in [5.41, 5.74) is 4.49. The van der Waals surface area contributed by atoms with Crippen molar-refractivity contribution in [3.63, 3.8) is 0 Å². The van der Waals surface area contributed by atoms with E-state index < -0.39 is 29.0 Å². The van der Waals surface area contributed by atoms with Gasteiger partial charge in [0.25, 0.3) is 0 Å². The molecule has 0 aliphatic rings. The van der Waals surface area contributed by atoms with Gasteiger partial charge in [-0.3, -0.25) is 0 Å². The van der Waals surface area contributed by atoms with Crippen molar-refractivity contribution < 1.29 is 26.3 Å². The first-order valence-corrected chi connectivity index (χ1v) is 20.8. The summed E-state index contributed by atoms with van der Waals surface area (Å²) in [4.78, 5) is 15.0. The number of alkyl halides is 6. The minimum Gasteiger partial charge on any atom is -0.308 e. The van der Waals surface area contributed by atoms with E-state index in [0.717, 1.165) is 17.2 Å². The molecular weight excluding hydrogens is 859 g/mol. The van der Waals surface area contributed by atoms with Crippen LogP contribution in [0.15, 0.2) is 182 Å². The molecule has 10 rings (SSSR count). The molecule has 322 valence electrons. The lowest BCUT2D eigenvalue weighted by atomic mass is 9.91. The maximum atomic E-state index is 14.6. The van der Waals surface area contributed by atoms with E-state index >= 15 is 0 Å². The number of hydrogen-bond donors (Lipinski definition) is 0. The quantitative estimate of drug-likeness (QED) is 0.149. The number of hydrogen-bond acceptors (Lipinski definition) is 5. The van der Waals surface area contributed by atoms with Crippen molar-refractivity contribution in [3.05, 3.63) is 204 Å². The highest BCUT2D eigenvalue weighted by Crippen LogP contribution is 2.46. The average molecular weight is 889 g/mol. The van der Waals surface area contributed by atoms with Crippen molar-refractivity contribution in [2.75, 3.05) is 0 Å². The number of nitrogens with zero attached hydrogens (tertiary/aromatic N) is 6. The summed E-state index contributed by atoms with van der Waals surface area (Å²) in [5.74, 6) is 1.23. The molecule has 2 aromatic heterocycles. The number of benzene rings is 8. The number of aromatic nitrogens is 4. The molecule has 0 saturated heterocycles. The Labute approximate surface area is 379 Å². The van der Waals surface area contributed by atoms with Crippen molar-refractivity contribution in [1.82, 2.24) is 19.5 Å². The number of fused-ring (bicyclic) bond motifs is 3. The van der Waals surface area contributed by atoms with Crippen LogP contribution in [0.25, 0.3) is 95.0 Å². The van der Waals surface area contributed by atoms with E-state index in [1.54, 1.807) is 42.5 Å². The largest absolute Gasteiger partial charge is 0.417 e. The van der Waals surface area contributed by atoms with Crippen LogP contribution in [0.2, 0.25) is 0 Å². The summed E-state index contributed by atoms with van der Waals surface area (Å²) in [6, 6.07) is 55.2. The lowest BCUT2D eigenvalue weighted by molar-refractivity contribution is -0.142. The molecule has 0 aliphatic heterocycles. The lowest BCUT2D eigenvalue weighted by Gasteiger charge is -2.21.